The van der Waals surface area contributed by atoms with E-state index in [1.807, 2.05) is 6.92 Å². The predicted octanol–water partition coefficient (Wildman–Crippen LogP) is 0.281. The summed E-state index contributed by atoms with van der Waals surface area (Å²) in [5, 5.41) is 6.33. The van der Waals surface area contributed by atoms with Crippen molar-refractivity contribution >= 4 is 5.91 Å². The molecule has 1 saturated heterocycles. The Kier molecular flexibility index (Phi) is 4.35. The van der Waals surface area contributed by atoms with E-state index in [2.05, 4.69) is 10.6 Å². The summed E-state index contributed by atoms with van der Waals surface area (Å²) < 4.78 is 5.18. The van der Waals surface area contributed by atoms with Gasteiger partial charge in [-0.25, -0.2) is 0 Å². The van der Waals surface area contributed by atoms with Crippen LogP contribution in [-0.2, 0) is 9.53 Å². The first-order valence-electron chi connectivity index (χ1n) is 5.23. The van der Waals surface area contributed by atoms with E-state index in [0.717, 1.165) is 19.4 Å². The topological polar surface area (TPSA) is 50.4 Å². The molecular formula is C10H20N2O2. The number of carbonyl (C=O) groups excluding carboxylic acids is 1. The van der Waals surface area contributed by atoms with E-state index in [1.165, 1.54) is 0 Å². The van der Waals surface area contributed by atoms with Gasteiger partial charge in [-0.3, -0.25) is 4.79 Å². The van der Waals surface area contributed by atoms with Crippen LogP contribution in [0.1, 0.15) is 26.2 Å². The third kappa shape index (κ3) is 2.96. The average Bonchev–Trinajstić information content (AvgIpc) is 2.64. The van der Waals surface area contributed by atoms with E-state index in [4.69, 9.17) is 4.74 Å². The van der Waals surface area contributed by atoms with Crippen LogP contribution >= 0.6 is 0 Å². The number of nitrogens with one attached hydrogen (secondary N) is 2. The van der Waals surface area contributed by atoms with Crippen LogP contribution in [-0.4, -0.2) is 38.3 Å². The highest BCUT2D eigenvalue weighted by Gasteiger charge is 2.33. The Morgan fingerprint density at radius 2 is 2.43 bits per heavy atom. The molecule has 1 amide bonds. The Morgan fingerprint density at radius 1 is 1.64 bits per heavy atom. The number of amides is 1. The van der Waals surface area contributed by atoms with Crippen LogP contribution < -0.4 is 10.6 Å². The predicted molar refractivity (Wildman–Crippen MR) is 55.1 cm³/mol. The molecule has 0 bridgehead atoms. The quantitative estimate of drug-likeness (QED) is 0.670. The van der Waals surface area contributed by atoms with Crippen LogP contribution in [0.3, 0.4) is 0 Å². The van der Waals surface area contributed by atoms with Gasteiger partial charge in [0.05, 0.1) is 12.1 Å². The fraction of sp³-hybridized carbons (Fsp3) is 0.900. The van der Waals surface area contributed by atoms with Crippen LogP contribution in [0.25, 0.3) is 0 Å². The van der Waals surface area contributed by atoms with E-state index in [0.29, 0.717) is 19.6 Å². The lowest BCUT2D eigenvalue weighted by Crippen LogP contribution is -2.52. The van der Waals surface area contributed by atoms with Gasteiger partial charge >= 0.3 is 0 Å². The molecular weight excluding hydrogens is 180 g/mol. The molecule has 1 fully saturated rings. The molecule has 0 saturated carbocycles. The molecule has 0 radical (unpaired) electrons. The van der Waals surface area contributed by atoms with Crippen molar-refractivity contribution in [2.45, 2.75) is 31.7 Å². The molecule has 4 nitrogen and oxygen atoms in total. The first-order valence-corrected chi connectivity index (χ1v) is 5.23. The van der Waals surface area contributed by atoms with E-state index in [9.17, 15) is 4.79 Å². The molecule has 0 aliphatic carbocycles. The number of hydrogen-bond donors (Lipinski definition) is 2. The van der Waals surface area contributed by atoms with Crippen molar-refractivity contribution in [3.8, 4) is 0 Å². The van der Waals surface area contributed by atoms with Gasteiger partial charge in [0.15, 0.2) is 0 Å². The van der Waals surface area contributed by atoms with Crippen molar-refractivity contribution in [2.75, 3.05) is 26.8 Å². The zero-order valence-corrected chi connectivity index (χ0v) is 9.06. The molecule has 82 valence electrons. The Bertz CT molecular complexity index is 189. The number of ether oxygens (including phenoxy) is 1. The van der Waals surface area contributed by atoms with Crippen LogP contribution in [0.2, 0.25) is 0 Å². The van der Waals surface area contributed by atoms with Gasteiger partial charge in [-0.2, -0.15) is 0 Å². The van der Waals surface area contributed by atoms with Crippen LogP contribution in [0.15, 0.2) is 0 Å². The van der Waals surface area contributed by atoms with Gasteiger partial charge < -0.3 is 15.4 Å². The molecule has 1 rings (SSSR count). The van der Waals surface area contributed by atoms with Crippen molar-refractivity contribution in [1.29, 1.82) is 0 Å². The lowest BCUT2D eigenvalue weighted by Gasteiger charge is -2.28. The molecule has 1 heterocycles. The summed E-state index contributed by atoms with van der Waals surface area (Å²) in [5.41, 5.74) is -0.0282. The van der Waals surface area contributed by atoms with Gasteiger partial charge in [-0.1, -0.05) is 6.92 Å². The Hall–Kier alpha value is -0.610. The maximum atomic E-state index is 11.1. The summed E-state index contributed by atoms with van der Waals surface area (Å²) in [4.78, 5) is 11.1. The molecule has 0 aromatic rings. The fourth-order valence-corrected chi connectivity index (χ4v) is 1.86. The van der Waals surface area contributed by atoms with Crippen LogP contribution in [0.4, 0.5) is 0 Å². The number of carbonyl (C=O) groups is 1. The minimum absolute atomic E-state index is 0.0282. The zero-order valence-electron chi connectivity index (χ0n) is 9.06. The molecule has 1 aliphatic rings. The maximum absolute atomic E-state index is 11.1. The minimum Gasteiger partial charge on any atom is -0.383 e. The highest BCUT2D eigenvalue weighted by Crippen LogP contribution is 2.18. The van der Waals surface area contributed by atoms with Gasteiger partial charge in [0.1, 0.15) is 0 Å². The molecule has 14 heavy (non-hydrogen) atoms. The van der Waals surface area contributed by atoms with Gasteiger partial charge in [0.2, 0.25) is 5.91 Å². The molecule has 0 aromatic carbocycles. The fourth-order valence-electron chi connectivity index (χ4n) is 1.86. The largest absolute Gasteiger partial charge is 0.383 e. The van der Waals surface area contributed by atoms with Gasteiger partial charge in [-0.15, -0.1) is 0 Å². The first kappa shape index (κ1) is 11.5. The number of methoxy groups -OCH3 is 1. The Labute approximate surface area is 85.4 Å². The maximum Gasteiger partial charge on any atom is 0.219 e. The summed E-state index contributed by atoms with van der Waals surface area (Å²) in [6.45, 7) is 4.22. The first-order chi connectivity index (χ1) is 6.72. The molecule has 1 unspecified atom stereocenters. The van der Waals surface area contributed by atoms with Crippen molar-refractivity contribution in [3.05, 3.63) is 0 Å². The lowest BCUT2D eigenvalue weighted by molar-refractivity contribution is -0.121. The van der Waals surface area contributed by atoms with Crippen molar-refractivity contribution in [1.82, 2.24) is 10.6 Å². The highest BCUT2D eigenvalue weighted by atomic mass is 16.5. The van der Waals surface area contributed by atoms with E-state index in [-0.39, 0.29) is 11.4 Å². The molecule has 1 atom stereocenters. The summed E-state index contributed by atoms with van der Waals surface area (Å²) >= 11 is 0. The van der Waals surface area contributed by atoms with Gasteiger partial charge in [0, 0.05) is 20.1 Å². The monoisotopic (exact) mass is 200 g/mol. The van der Waals surface area contributed by atoms with E-state index in [1.54, 1.807) is 7.11 Å². The smallest absolute Gasteiger partial charge is 0.219 e. The molecule has 0 spiro atoms. The summed E-state index contributed by atoms with van der Waals surface area (Å²) in [6, 6.07) is 0. The second-order valence-electron chi connectivity index (χ2n) is 3.87. The summed E-state index contributed by atoms with van der Waals surface area (Å²) in [6.07, 6.45) is 2.78. The standard InChI is InChI=1S/C10H20N2O2/c1-3-9(13)11-7-10(8-14-2)5-4-6-12-10/h12H,3-8H2,1-2H3,(H,11,13). The lowest BCUT2D eigenvalue weighted by atomic mass is 9.98. The third-order valence-corrected chi connectivity index (χ3v) is 2.70. The zero-order chi connectivity index (χ0) is 10.4. The van der Waals surface area contributed by atoms with E-state index >= 15 is 0 Å². The van der Waals surface area contributed by atoms with Crippen molar-refractivity contribution in [3.63, 3.8) is 0 Å². The normalized spacial score (nSPS) is 26.4. The summed E-state index contributed by atoms with van der Waals surface area (Å²) in [7, 11) is 1.70. The second-order valence-corrected chi connectivity index (χ2v) is 3.87. The molecule has 4 heteroatoms. The Balaban J connectivity index is 2.39. The van der Waals surface area contributed by atoms with Gasteiger partial charge in [0.25, 0.3) is 0 Å². The number of rotatable bonds is 5. The van der Waals surface area contributed by atoms with Gasteiger partial charge in [-0.05, 0) is 19.4 Å². The van der Waals surface area contributed by atoms with E-state index < -0.39 is 0 Å². The molecule has 1 aliphatic heterocycles. The van der Waals surface area contributed by atoms with Crippen LogP contribution in [0, 0.1) is 0 Å². The summed E-state index contributed by atoms with van der Waals surface area (Å²) in [5.74, 6) is 0.106. The van der Waals surface area contributed by atoms with Crippen molar-refractivity contribution in [2.24, 2.45) is 0 Å². The van der Waals surface area contributed by atoms with Crippen molar-refractivity contribution < 1.29 is 9.53 Å². The minimum atomic E-state index is -0.0282. The molecule has 0 aromatic heterocycles. The number of hydrogen-bond acceptors (Lipinski definition) is 3. The SMILES string of the molecule is CCC(=O)NCC1(COC)CCCN1. The third-order valence-electron chi connectivity index (χ3n) is 2.70. The second kappa shape index (κ2) is 5.32. The van der Waals surface area contributed by atoms with Crippen LogP contribution in [0.5, 0.6) is 0 Å². The molecule has 2 N–H and O–H groups in total. The highest BCUT2D eigenvalue weighted by molar-refractivity contribution is 5.75. The Morgan fingerprint density at radius 3 is 2.93 bits per heavy atom. The average molecular weight is 200 g/mol.